The number of fused-ring (bicyclic) bond motifs is 1. The van der Waals surface area contributed by atoms with Gasteiger partial charge in [-0.1, -0.05) is 29.4 Å². The predicted octanol–water partition coefficient (Wildman–Crippen LogP) is 2.48. The molecule has 0 spiro atoms. The molecule has 0 fully saturated rings. The van der Waals surface area contributed by atoms with Crippen LogP contribution in [0.1, 0.15) is 34.6 Å². The first-order chi connectivity index (χ1) is 11.1. The van der Waals surface area contributed by atoms with Gasteiger partial charge in [0.05, 0.1) is 18.4 Å². The van der Waals surface area contributed by atoms with E-state index in [1.165, 1.54) is 11.1 Å². The summed E-state index contributed by atoms with van der Waals surface area (Å²) in [6.07, 6.45) is 1.99. The molecular weight excluding hydrogens is 292 g/mol. The van der Waals surface area contributed by atoms with Crippen molar-refractivity contribution in [2.45, 2.75) is 45.8 Å². The lowest BCUT2D eigenvalue weighted by molar-refractivity contribution is -0.121. The van der Waals surface area contributed by atoms with E-state index < -0.39 is 0 Å². The van der Waals surface area contributed by atoms with E-state index in [1.54, 1.807) is 0 Å². The Labute approximate surface area is 136 Å². The standard InChI is InChI=1S/C18H22N2O3/c1-12-17(13(2)23-20-12)7-8-18(21)19-10-16-9-14-5-3-4-6-15(14)11-22-16/h3-6,16H,7-11H2,1-2H3,(H,19,21). The van der Waals surface area contributed by atoms with Crippen LogP contribution in [0.25, 0.3) is 0 Å². The Morgan fingerprint density at radius 1 is 1.30 bits per heavy atom. The summed E-state index contributed by atoms with van der Waals surface area (Å²) in [5, 5.41) is 6.88. The van der Waals surface area contributed by atoms with Crippen LogP contribution in [0.15, 0.2) is 28.8 Å². The van der Waals surface area contributed by atoms with Crippen LogP contribution in [0.4, 0.5) is 0 Å². The number of aryl methyl sites for hydroxylation is 2. The highest BCUT2D eigenvalue weighted by atomic mass is 16.5. The summed E-state index contributed by atoms with van der Waals surface area (Å²) < 4.78 is 10.9. The molecule has 1 unspecified atom stereocenters. The Hall–Kier alpha value is -2.14. The highest BCUT2D eigenvalue weighted by molar-refractivity contribution is 5.76. The number of carbonyl (C=O) groups is 1. The second-order valence-corrected chi connectivity index (χ2v) is 6.01. The second-order valence-electron chi connectivity index (χ2n) is 6.01. The summed E-state index contributed by atoms with van der Waals surface area (Å²) in [7, 11) is 0. The van der Waals surface area contributed by atoms with Gasteiger partial charge in [0.1, 0.15) is 5.76 Å². The maximum Gasteiger partial charge on any atom is 0.220 e. The third kappa shape index (κ3) is 3.79. The van der Waals surface area contributed by atoms with Gasteiger partial charge in [-0.15, -0.1) is 0 Å². The van der Waals surface area contributed by atoms with E-state index >= 15 is 0 Å². The number of carbonyl (C=O) groups excluding carboxylic acids is 1. The van der Waals surface area contributed by atoms with Gasteiger partial charge < -0.3 is 14.6 Å². The van der Waals surface area contributed by atoms with E-state index in [1.807, 2.05) is 26.0 Å². The fraction of sp³-hybridized carbons (Fsp3) is 0.444. The molecule has 1 N–H and O–H groups in total. The molecule has 5 heteroatoms. The number of ether oxygens (including phenoxy) is 1. The van der Waals surface area contributed by atoms with Crippen LogP contribution in [0.3, 0.4) is 0 Å². The third-order valence-corrected chi connectivity index (χ3v) is 4.35. The van der Waals surface area contributed by atoms with E-state index in [9.17, 15) is 4.79 Å². The van der Waals surface area contributed by atoms with Gasteiger partial charge in [-0.25, -0.2) is 0 Å². The highest BCUT2D eigenvalue weighted by Crippen LogP contribution is 2.20. The Morgan fingerprint density at radius 3 is 2.83 bits per heavy atom. The molecule has 2 heterocycles. The largest absolute Gasteiger partial charge is 0.371 e. The summed E-state index contributed by atoms with van der Waals surface area (Å²) in [5.41, 5.74) is 4.45. The van der Waals surface area contributed by atoms with Crippen molar-refractivity contribution in [3.05, 3.63) is 52.4 Å². The molecule has 3 rings (SSSR count). The van der Waals surface area contributed by atoms with Gasteiger partial charge in [-0.3, -0.25) is 4.79 Å². The van der Waals surface area contributed by atoms with Crippen molar-refractivity contribution in [1.29, 1.82) is 0 Å². The Balaban J connectivity index is 1.45. The minimum atomic E-state index is 0.0347. The molecule has 5 nitrogen and oxygen atoms in total. The fourth-order valence-electron chi connectivity index (χ4n) is 2.95. The summed E-state index contributed by atoms with van der Waals surface area (Å²) in [6.45, 7) is 4.95. The minimum absolute atomic E-state index is 0.0347. The van der Waals surface area contributed by atoms with E-state index in [-0.39, 0.29) is 12.0 Å². The molecular formula is C18H22N2O3. The lowest BCUT2D eigenvalue weighted by atomic mass is 9.99. The molecule has 0 radical (unpaired) electrons. The molecule has 0 bridgehead atoms. The van der Waals surface area contributed by atoms with Gasteiger partial charge in [0.15, 0.2) is 0 Å². The van der Waals surface area contributed by atoms with Crippen LogP contribution in [0.5, 0.6) is 0 Å². The summed E-state index contributed by atoms with van der Waals surface area (Å²) in [5.74, 6) is 0.829. The Bertz CT molecular complexity index is 674. The van der Waals surface area contributed by atoms with Crippen LogP contribution in [0, 0.1) is 13.8 Å². The molecule has 1 amide bonds. The van der Waals surface area contributed by atoms with Crippen molar-refractivity contribution < 1.29 is 14.1 Å². The summed E-state index contributed by atoms with van der Waals surface area (Å²) in [4.78, 5) is 12.0. The normalized spacial score (nSPS) is 16.9. The van der Waals surface area contributed by atoms with Crippen LogP contribution < -0.4 is 5.32 Å². The number of nitrogens with one attached hydrogen (secondary N) is 1. The van der Waals surface area contributed by atoms with E-state index in [2.05, 4.69) is 22.6 Å². The molecule has 1 aliphatic heterocycles. The average molecular weight is 314 g/mol. The van der Waals surface area contributed by atoms with Crippen LogP contribution in [-0.2, 0) is 29.0 Å². The second kappa shape index (κ2) is 6.96. The fourth-order valence-corrected chi connectivity index (χ4v) is 2.95. The molecule has 122 valence electrons. The molecule has 1 aromatic carbocycles. The van der Waals surface area contributed by atoms with Crippen molar-refractivity contribution in [2.24, 2.45) is 0 Å². The predicted molar refractivity (Wildman–Crippen MR) is 86.0 cm³/mol. The number of benzene rings is 1. The van der Waals surface area contributed by atoms with Crippen molar-refractivity contribution in [1.82, 2.24) is 10.5 Å². The zero-order chi connectivity index (χ0) is 16.2. The zero-order valence-corrected chi connectivity index (χ0v) is 13.6. The molecule has 1 aliphatic rings. The van der Waals surface area contributed by atoms with Crippen LogP contribution in [-0.4, -0.2) is 23.7 Å². The monoisotopic (exact) mass is 314 g/mol. The van der Waals surface area contributed by atoms with Gasteiger partial charge in [0.25, 0.3) is 0 Å². The first kappa shape index (κ1) is 15.7. The molecule has 2 aromatic rings. The smallest absolute Gasteiger partial charge is 0.220 e. The maximum atomic E-state index is 12.0. The number of aromatic nitrogens is 1. The first-order valence-electron chi connectivity index (χ1n) is 8.00. The molecule has 23 heavy (non-hydrogen) atoms. The Kier molecular flexibility index (Phi) is 4.76. The highest BCUT2D eigenvalue weighted by Gasteiger charge is 2.19. The molecule has 0 aliphatic carbocycles. The van der Waals surface area contributed by atoms with Gasteiger partial charge >= 0.3 is 0 Å². The topological polar surface area (TPSA) is 64.4 Å². The van der Waals surface area contributed by atoms with Gasteiger partial charge in [-0.2, -0.15) is 0 Å². The average Bonchev–Trinajstić information content (AvgIpc) is 2.89. The third-order valence-electron chi connectivity index (χ3n) is 4.35. The molecule has 0 saturated heterocycles. The zero-order valence-electron chi connectivity index (χ0n) is 13.6. The van der Waals surface area contributed by atoms with Gasteiger partial charge in [0.2, 0.25) is 5.91 Å². The Morgan fingerprint density at radius 2 is 2.09 bits per heavy atom. The summed E-state index contributed by atoms with van der Waals surface area (Å²) >= 11 is 0. The lowest BCUT2D eigenvalue weighted by Crippen LogP contribution is -2.36. The van der Waals surface area contributed by atoms with Crippen LogP contribution in [0.2, 0.25) is 0 Å². The number of amides is 1. The van der Waals surface area contributed by atoms with Crippen molar-refractivity contribution >= 4 is 5.91 Å². The quantitative estimate of drug-likeness (QED) is 0.921. The SMILES string of the molecule is Cc1noc(C)c1CCC(=O)NCC1Cc2ccccc2CO1. The number of hydrogen-bond donors (Lipinski definition) is 1. The molecule has 1 atom stereocenters. The number of hydrogen-bond acceptors (Lipinski definition) is 4. The summed E-state index contributed by atoms with van der Waals surface area (Å²) in [6, 6.07) is 8.29. The van der Waals surface area contributed by atoms with E-state index in [0.29, 0.717) is 26.0 Å². The van der Waals surface area contributed by atoms with Crippen LogP contribution >= 0.6 is 0 Å². The van der Waals surface area contributed by atoms with Crippen molar-refractivity contribution in [3.63, 3.8) is 0 Å². The minimum Gasteiger partial charge on any atom is -0.371 e. The number of rotatable bonds is 5. The van der Waals surface area contributed by atoms with E-state index in [0.717, 1.165) is 23.4 Å². The van der Waals surface area contributed by atoms with E-state index in [4.69, 9.17) is 9.26 Å². The lowest BCUT2D eigenvalue weighted by Gasteiger charge is -2.25. The van der Waals surface area contributed by atoms with Gasteiger partial charge in [-0.05, 0) is 31.4 Å². The number of nitrogens with zero attached hydrogens (tertiary/aromatic N) is 1. The van der Waals surface area contributed by atoms with Crippen molar-refractivity contribution in [2.75, 3.05) is 6.54 Å². The van der Waals surface area contributed by atoms with Gasteiger partial charge in [0, 0.05) is 24.9 Å². The molecule has 0 saturated carbocycles. The van der Waals surface area contributed by atoms with Crippen molar-refractivity contribution in [3.8, 4) is 0 Å². The molecule has 1 aromatic heterocycles. The maximum absolute atomic E-state index is 12.0. The first-order valence-corrected chi connectivity index (χ1v) is 8.00.